The van der Waals surface area contributed by atoms with Crippen LogP contribution in [-0.2, 0) is 10.2 Å². The molecule has 0 radical (unpaired) electrons. The van der Waals surface area contributed by atoms with Gasteiger partial charge >= 0.3 is 6.03 Å². The van der Waals surface area contributed by atoms with Crippen LogP contribution in [0.15, 0.2) is 6.20 Å². The van der Waals surface area contributed by atoms with Crippen LogP contribution in [0.1, 0.15) is 39.3 Å². The normalized spacial score (nSPS) is 24.7. The summed E-state index contributed by atoms with van der Waals surface area (Å²) in [7, 11) is 0. The quantitative estimate of drug-likeness (QED) is 0.757. The molecular weight excluding hydrogens is 328 g/mol. The van der Waals surface area contributed by atoms with E-state index in [0.717, 1.165) is 28.8 Å². The molecule has 2 fully saturated rings. The van der Waals surface area contributed by atoms with Crippen molar-refractivity contribution in [3.8, 4) is 0 Å². The number of nitrogens with one attached hydrogen (secondary N) is 2. The predicted molar refractivity (Wildman–Crippen MR) is 90.4 cm³/mol. The van der Waals surface area contributed by atoms with E-state index in [0.29, 0.717) is 13.0 Å². The number of urea groups is 1. The van der Waals surface area contributed by atoms with Crippen molar-refractivity contribution in [3.63, 3.8) is 0 Å². The monoisotopic (exact) mass is 348 g/mol. The van der Waals surface area contributed by atoms with Crippen molar-refractivity contribution in [2.45, 2.75) is 44.6 Å². The Balaban J connectivity index is 1.61. The van der Waals surface area contributed by atoms with Gasteiger partial charge in [-0.15, -0.1) is 5.10 Å². The number of fused-ring (bicyclic) bond motifs is 1. The Hall–Kier alpha value is -2.16. The zero-order chi connectivity index (χ0) is 17.1. The molecule has 4 rings (SSSR count). The summed E-state index contributed by atoms with van der Waals surface area (Å²) in [5.74, 6) is -0.242. The van der Waals surface area contributed by atoms with Crippen LogP contribution in [0.25, 0.3) is 4.96 Å². The highest BCUT2D eigenvalue weighted by Gasteiger charge is 2.49. The minimum Gasteiger partial charge on any atom is -0.344 e. The number of carbonyl (C=O) groups is 2. The molecule has 1 atom stereocenters. The van der Waals surface area contributed by atoms with Gasteiger partial charge in [-0.05, 0) is 12.8 Å². The maximum absolute atomic E-state index is 12.2. The SMILES string of the molecule is CC(C)(C)c1cn2nc(N3CCCC4(C3)NC(=O)NC4=O)sc2n1. The van der Waals surface area contributed by atoms with Crippen LogP contribution in [-0.4, -0.2) is 45.2 Å². The number of piperidine rings is 1. The first kappa shape index (κ1) is 15.4. The Labute approximate surface area is 143 Å². The number of imidazole rings is 1. The van der Waals surface area contributed by atoms with Gasteiger partial charge in [-0.3, -0.25) is 10.1 Å². The summed E-state index contributed by atoms with van der Waals surface area (Å²) in [6.07, 6.45) is 3.43. The van der Waals surface area contributed by atoms with E-state index < -0.39 is 11.6 Å². The lowest BCUT2D eigenvalue weighted by Gasteiger charge is -2.37. The lowest BCUT2D eigenvalue weighted by Crippen LogP contribution is -2.58. The molecule has 2 saturated heterocycles. The summed E-state index contributed by atoms with van der Waals surface area (Å²) in [6.45, 7) is 7.61. The first-order valence-electron chi connectivity index (χ1n) is 8.02. The smallest absolute Gasteiger partial charge is 0.322 e. The number of anilines is 1. The maximum Gasteiger partial charge on any atom is 0.322 e. The van der Waals surface area contributed by atoms with E-state index in [9.17, 15) is 9.59 Å². The minimum atomic E-state index is -0.834. The van der Waals surface area contributed by atoms with Crippen LogP contribution in [0.5, 0.6) is 0 Å². The first-order chi connectivity index (χ1) is 11.3. The van der Waals surface area contributed by atoms with Gasteiger partial charge in [-0.1, -0.05) is 32.1 Å². The van der Waals surface area contributed by atoms with Gasteiger partial charge in [0.15, 0.2) is 0 Å². The Morgan fingerprint density at radius 2 is 2.12 bits per heavy atom. The van der Waals surface area contributed by atoms with E-state index in [4.69, 9.17) is 0 Å². The van der Waals surface area contributed by atoms with Gasteiger partial charge in [-0.25, -0.2) is 14.3 Å². The molecule has 128 valence electrons. The van der Waals surface area contributed by atoms with E-state index in [2.05, 4.69) is 46.4 Å². The van der Waals surface area contributed by atoms with Crippen molar-refractivity contribution >= 4 is 33.4 Å². The van der Waals surface area contributed by atoms with Crippen molar-refractivity contribution < 1.29 is 9.59 Å². The molecule has 3 amide bonds. The first-order valence-corrected chi connectivity index (χ1v) is 8.84. The summed E-state index contributed by atoms with van der Waals surface area (Å²) in [4.78, 5) is 31.2. The highest BCUT2D eigenvalue weighted by Crippen LogP contribution is 2.32. The molecule has 0 saturated carbocycles. The van der Waals surface area contributed by atoms with Crippen molar-refractivity contribution in [2.24, 2.45) is 0 Å². The van der Waals surface area contributed by atoms with Gasteiger partial charge in [0.1, 0.15) is 5.54 Å². The fraction of sp³-hybridized carbons (Fsp3) is 0.600. The molecule has 4 heterocycles. The van der Waals surface area contributed by atoms with Crippen LogP contribution in [0, 0.1) is 0 Å². The van der Waals surface area contributed by atoms with Gasteiger partial charge < -0.3 is 10.2 Å². The third kappa shape index (κ3) is 2.34. The molecule has 9 heteroatoms. The third-order valence-electron chi connectivity index (χ3n) is 4.58. The van der Waals surface area contributed by atoms with Crippen LogP contribution in [0.3, 0.4) is 0 Å². The number of amides is 3. The van der Waals surface area contributed by atoms with E-state index in [1.807, 2.05) is 6.20 Å². The molecule has 2 aromatic heterocycles. The van der Waals surface area contributed by atoms with Crippen LogP contribution < -0.4 is 15.5 Å². The molecule has 1 spiro atoms. The number of rotatable bonds is 1. The highest BCUT2D eigenvalue weighted by atomic mass is 32.1. The van der Waals surface area contributed by atoms with E-state index in [-0.39, 0.29) is 11.3 Å². The Bertz CT molecular complexity index is 803. The fourth-order valence-corrected chi connectivity index (χ4v) is 4.12. The molecule has 8 nitrogen and oxygen atoms in total. The van der Waals surface area contributed by atoms with Gasteiger partial charge in [-0.2, -0.15) is 0 Å². The largest absolute Gasteiger partial charge is 0.344 e. The van der Waals surface area contributed by atoms with Gasteiger partial charge in [0.25, 0.3) is 5.91 Å². The molecule has 0 bridgehead atoms. The van der Waals surface area contributed by atoms with Gasteiger partial charge in [0, 0.05) is 12.0 Å². The third-order valence-corrected chi connectivity index (χ3v) is 5.56. The molecule has 2 aliphatic rings. The molecule has 1 unspecified atom stereocenters. The molecular formula is C15H20N6O2S. The predicted octanol–water partition coefficient (Wildman–Crippen LogP) is 1.27. The molecule has 2 aromatic rings. The fourth-order valence-electron chi connectivity index (χ4n) is 3.21. The molecule has 2 N–H and O–H groups in total. The molecule has 24 heavy (non-hydrogen) atoms. The van der Waals surface area contributed by atoms with E-state index >= 15 is 0 Å². The lowest BCUT2D eigenvalue weighted by molar-refractivity contribution is -0.124. The van der Waals surface area contributed by atoms with Gasteiger partial charge in [0.2, 0.25) is 10.1 Å². The zero-order valence-electron chi connectivity index (χ0n) is 13.9. The highest BCUT2D eigenvalue weighted by molar-refractivity contribution is 7.20. The maximum atomic E-state index is 12.2. The van der Waals surface area contributed by atoms with Crippen LogP contribution in [0.2, 0.25) is 0 Å². The Kier molecular flexibility index (Phi) is 3.15. The molecule has 0 aliphatic carbocycles. The number of imide groups is 1. The molecule has 2 aliphatic heterocycles. The summed E-state index contributed by atoms with van der Waals surface area (Å²) in [5, 5.41) is 10.6. The minimum absolute atomic E-state index is 0.0189. The second-order valence-electron chi connectivity index (χ2n) is 7.50. The van der Waals surface area contributed by atoms with Crippen molar-refractivity contribution in [1.82, 2.24) is 25.2 Å². The summed E-state index contributed by atoms with van der Waals surface area (Å²) in [5.41, 5.74) is 0.152. The zero-order valence-corrected chi connectivity index (χ0v) is 14.7. The average molecular weight is 348 g/mol. The number of aromatic nitrogens is 3. The number of hydrogen-bond donors (Lipinski definition) is 2. The lowest BCUT2D eigenvalue weighted by atomic mass is 9.89. The van der Waals surface area contributed by atoms with Crippen LogP contribution >= 0.6 is 11.3 Å². The number of carbonyl (C=O) groups excluding carboxylic acids is 2. The second-order valence-corrected chi connectivity index (χ2v) is 8.44. The summed E-state index contributed by atoms with van der Waals surface area (Å²) < 4.78 is 1.80. The average Bonchev–Trinajstić information content (AvgIpc) is 3.11. The summed E-state index contributed by atoms with van der Waals surface area (Å²) in [6, 6.07) is -0.411. The second kappa shape index (κ2) is 4.92. The van der Waals surface area contributed by atoms with Crippen molar-refractivity contribution in [2.75, 3.05) is 18.0 Å². The number of nitrogens with zero attached hydrogens (tertiary/aromatic N) is 4. The topological polar surface area (TPSA) is 91.6 Å². The number of hydrogen-bond acceptors (Lipinski definition) is 6. The standard InChI is InChI=1S/C15H20N6O2S/c1-14(2,3)9-7-21-12(16-9)24-13(19-21)20-6-4-5-15(8-20)10(22)17-11(23)18-15/h7H,4-6,8H2,1-3H3,(H2,17,18,22,23). The molecule has 0 aromatic carbocycles. The van der Waals surface area contributed by atoms with Crippen LogP contribution in [0.4, 0.5) is 9.93 Å². The van der Waals surface area contributed by atoms with Crippen molar-refractivity contribution in [3.05, 3.63) is 11.9 Å². The Morgan fingerprint density at radius 1 is 1.33 bits per heavy atom. The van der Waals surface area contributed by atoms with Crippen molar-refractivity contribution in [1.29, 1.82) is 0 Å². The van der Waals surface area contributed by atoms with E-state index in [1.54, 1.807) is 4.52 Å². The summed E-state index contributed by atoms with van der Waals surface area (Å²) >= 11 is 1.51. The van der Waals surface area contributed by atoms with E-state index in [1.165, 1.54) is 11.3 Å². The Morgan fingerprint density at radius 3 is 2.75 bits per heavy atom. The van der Waals surface area contributed by atoms with Gasteiger partial charge in [0.05, 0.1) is 18.4 Å².